The highest BCUT2D eigenvalue weighted by Gasteiger charge is 2.48. The quantitative estimate of drug-likeness (QED) is 0.589. The molecule has 4 unspecified atom stereocenters. The topological polar surface area (TPSA) is 46.5 Å². The number of carbonyl (C=O) groups is 1. The lowest BCUT2D eigenvalue weighted by molar-refractivity contribution is -0.141. The maximum atomic E-state index is 10.9. The van der Waals surface area contributed by atoms with E-state index in [-0.39, 0.29) is 30.0 Å². The molecule has 12 heavy (non-hydrogen) atoms. The van der Waals surface area contributed by atoms with Gasteiger partial charge in [0.2, 0.25) is 0 Å². The van der Waals surface area contributed by atoms with Crippen LogP contribution in [0.1, 0.15) is 26.2 Å². The first-order valence-corrected chi connectivity index (χ1v) is 4.60. The molecule has 1 N–H and O–H groups in total. The van der Waals surface area contributed by atoms with Gasteiger partial charge in [0, 0.05) is 12.3 Å². The molecule has 3 nitrogen and oxygen atoms in total. The zero-order chi connectivity index (χ0) is 8.72. The normalized spacial score (nSPS) is 46.0. The third kappa shape index (κ3) is 1.04. The molecule has 0 aromatic carbocycles. The summed E-state index contributed by atoms with van der Waals surface area (Å²) in [6.07, 6.45) is 1.87. The number of esters is 1. The van der Waals surface area contributed by atoms with Crippen molar-refractivity contribution in [3.8, 4) is 0 Å². The van der Waals surface area contributed by atoms with E-state index in [0.717, 1.165) is 6.42 Å². The molecule has 4 atom stereocenters. The van der Waals surface area contributed by atoms with Gasteiger partial charge in [0.25, 0.3) is 0 Å². The molecule has 0 amide bonds. The van der Waals surface area contributed by atoms with Crippen molar-refractivity contribution in [2.45, 2.75) is 38.4 Å². The highest BCUT2D eigenvalue weighted by Crippen LogP contribution is 2.42. The van der Waals surface area contributed by atoms with Crippen molar-refractivity contribution in [1.29, 1.82) is 0 Å². The van der Waals surface area contributed by atoms with Crippen LogP contribution in [0.25, 0.3) is 0 Å². The zero-order valence-electron chi connectivity index (χ0n) is 7.19. The van der Waals surface area contributed by atoms with Gasteiger partial charge < -0.3 is 9.84 Å². The molecule has 0 aromatic rings. The predicted octanol–water partition coefficient (Wildman–Crippen LogP) is 0.709. The molecular weight excluding hydrogens is 156 g/mol. The third-order valence-electron chi connectivity index (χ3n) is 3.15. The number of aliphatic hydroxyl groups is 1. The maximum absolute atomic E-state index is 10.9. The molecule has 0 bridgehead atoms. The van der Waals surface area contributed by atoms with Crippen LogP contribution in [0.4, 0.5) is 0 Å². The molecule has 1 aliphatic heterocycles. The fourth-order valence-corrected chi connectivity index (χ4v) is 2.55. The molecule has 3 heteroatoms. The third-order valence-corrected chi connectivity index (χ3v) is 3.15. The fourth-order valence-electron chi connectivity index (χ4n) is 2.55. The number of fused-ring (bicyclic) bond motifs is 1. The van der Waals surface area contributed by atoms with Crippen molar-refractivity contribution < 1.29 is 14.6 Å². The monoisotopic (exact) mass is 170 g/mol. The van der Waals surface area contributed by atoms with Crippen molar-refractivity contribution in [1.82, 2.24) is 0 Å². The summed E-state index contributed by atoms with van der Waals surface area (Å²) >= 11 is 0. The van der Waals surface area contributed by atoms with E-state index >= 15 is 0 Å². The van der Waals surface area contributed by atoms with Crippen LogP contribution in [0, 0.1) is 11.8 Å². The van der Waals surface area contributed by atoms with Crippen molar-refractivity contribution in [2.75, 3.05) is 0 Å². The summed E-state index contributed by atoms with van der Waals surface area (Å²) in [6.45, 7) is 2.05. The summed E-state index contributed by atoms with van der Waals surface area (Å²) in [6, 6.07) is 0. The Morgan fingerprint density at radius 1 is 1.67 bits per heavy atom. The first-order valence-electron chi connectivity index (χ1n) is 4.60. The molecular formula is C9H14O3. The smallest absolute Gasteiger partial charge is 0.306 e. The summed E-state index contributed by atoms with van der Waals surface area (Å²) < 4.78 is 5.09. The van der Waals surface area contributed by atoms with E-state index in [1.165, 1.54) is 0 Å². The highest BCUT2D eigenvalue weighted by molar-refractivity contribution is 5.72. The van der Waals surface area contributed by atoms with Crippen molar-refractivity contribution >= 4 is 5.97 Å². The SMILES string of the molecule is CCC1C(O)CC2OC(=O)CC21. The number of rotatable bonds is 1. The van der Waals surface area contributed by atoms with Crippen molar-refractivity contribution in [3.05, 3.63) is 0 Å². The van der Waals surface area contributed by atoms with Gasteiger partial charge in [-0.1, -0.05) is 13.3 Å². The lowest BCUT2D eigenvalue weighted by Crippen LogP contribution is -2.18. The summed E-state index contributed by atoms with van der Waals surface area (Å²) in [4.78, 5) is 10.9. The van der Waals surface area contributed by atoms with E-state index in [0.29, 0.717) is 12.8 Å². The Morgan fingerprint density at radius 3 is 3.08 bits per heavy atom. The second-order valence-corrected chi connectivity index (χ2v) is 3.77. The van der Waals surface area contributed by atoms with Gasteiger partial charge in [-0.05, 0) is 5.92 Å². The Balaban J connectivity index is 2.11. The fraction of sp³-hybridized carbons (Fsp3) is 0.889. The van der Waals surface area contributed by atoms with Crippen LogP contribution >= 0.6 is 0 Å². The van der Waals surface area contributed by atoms with Gasteiger partial charge in [-0.15, -0.1) is 0 Å². The number of aliphatic hydroxyl groups excluding tert-OH is 1. The molecule has 1 saturated carbocycles. The van der Waals surface area contributed by atoms with Crippen LogP contribution in [0.3, 0.4) is 0 Å². The molecule has 1 heterocycles. The van der Waals surface area contributed by atoms with Crippen molar-refractivity contribution in [2.24, 2.45) is 11.8 Å². The Labute approximate surface area is 71.7 Å². The minimum Gasteiger partial charge on any atom is -0.462 e. The number of hydrogen-bond donors (Lipinski definition) is 1. The Morgan fingerprint density at radius 2 is 2.42 bits per heavy atom. The molecule has 1 saturated heterocycles. The highest BCUT2D eigenvalue weighted by atomic mass is 16.6. The van der Waals surface area contributed by atoms with E-state index in [2.05, 4.69) is 6.92 Å². The van der Waals surface area contributed by atoms with Gasteiger partial charge in [0.15, 0.2) is 0 Å². The van der Waals surface area contributed by atoms with E-state index in [9.17, 15) is 9.90 Å². The van der Waals surface area contributed by atoms with Gasteiger partial charge in [-0.2, -0.15) is 0 Å². The minimum absolute atomic E-state index is 0.0115. The second-order valence-electron chi connectivity index (χ2n) is 3.77. The van der Waals surface area contributed by atoms with Gasteiger partial charge in [-0.25, -0.2) is 0 Å². The molecule has 2 aliphatic rings. The lowest BCUT2D eigenvalue weighted by Gasteiger charge is -2.15. The molecule has 1 aliphatic carbocycles. The van der Waals surface area contributed by atoms with E-state index in [1.54, 1.807) is 0 Å². The van der Waals surface area contributed by atoms with Crippen LogP contribution in [0.5, 0.6) is 0 Å². The van der Waals surface area contributed by atoms with Gasteiger partial charge in [0.05, 0.1) is 12.5 Å². The number of hydrogen-bond acceptors (Lipinski definition) is 3. The van der Waals surface area contributed by atoms with Crippen LogP contribution in [0.2, 0.25) is 0 Å². The van der Waals surface area contributed by atoms with Crippen LogP contribution in [-0.2, 0) is 9.53 Å². The Bertz CT molecular complexity index is 202. The average Bonchev–Trinajstić information content (AvgIpc) is 2.43. The minimum atomic E-state index is -0.252. The molecule has 0 aromatic heterocycles. The summed E-state index contributed by atoms with van der Waals surface area (Å²) in [7, 11) is 0. The second kappa shape index (κ2) is 2.73. The Hall–Kier alpha value is -0.570. The van der Waals surface area contributed by atoms with E-state index < -0.39 is 0 Å². The van der Waals surface area contributed by atoms with Crippen LogP contribution < -0.4 is 0 Å². The van der Waals surface area contributed by atoms with Crippen LogP contribution in [0.15, 0.2) is 0 Å². The van der Waals surface area contributed by atoms with Gasteiger partial charge in [-0.3, -0.25) is 4.79 Å². The predicted molar refractivity (Wildman–Crippen MR) is 42.4 cm³/mol. The standard InChI is InChI=1S/C9H14O3/c1-2-5-6-3-9(11)12-8(6)4-7(5)10/h5-8,10H,2-4H2,1H3. The molecule has 0 spiro atoms. The average molecular weight is 170 g/mol. The summed E-state index contributed by atoms with van der Waals surface area (Å²) in [5, 5.41) is 9.59. The zero-order valence-corrected chi connectivity index (χ0v) is 7.19. The molecule has 68 valence electrons. The van der Waals surface area contributed by atoms with E-state index in [4.69, 9.17) is 4.74 Å². The lowest BCUT2D eigenvalue weighted by atomic mass is 9.90. The first kappa shape index (κ1) is 8.05. The maximum Gasteiger partial charge on any atom is 0.306 e. The summed E-state index contributed by atoms with van der Waals surface area (Å²) in [5.74, 6) is 0.481. The first-order chi connectivity index (χ1) is 5.72. The largest absolute Gasteiger partial charge is 0.462 e. The molecule has 2 fully saturated rings. The molecule has 2 rings (SSSR count). The van der Waals surface area contributed by atoms with Gasteiger partial charge in [0.1, 0.15) is 6.10 Å². The van der Waals surface area contributed by atoms with Crippen molar-refractivity contribution in [3.63, 3.8) is 0 Å². The van der Waals surface area contributed by atoms with Gasteiger partial charge >= 0.3 is 5.97 Å². The van der Waals surface area contributed by atoms with E-state index in [1.807, 2.05) is 0 Å². The molecule has 0 radical (unpaired) electrons. The number of ether oxygens (including phenoxy) is 1. The number of carbonyl (C=O) groups excluding carboxylic acids is 1. The summed E-state index contributed by atoms with van der Waals surface area (Å²) in [5.41, 5.74) is 0. The Kier molecular flexibility index (Phi) is 1.83. The van der Waals surface area contributed by atoms with Crippen LogP contribution in [-0.4, -0.2) is 23.3 Å².